The predicted molar refractivity (Wildman–Crippen MR) is 48.6 cm³/mol. The number of carboxylic acid groups (broad SMARTS) is 1. The van der Waals surface area contributed by atoms with E-state index in [2.05, 4.69) is 27.7 Å². The standard InChI is InChI=1S/C7H2F3N4O2S/c8-7(9,10)2-1-3(17)14-6(11-2)12-4(13-14)5(15)16/h1H,(H,15,16). The molecule has 10 heteroatoms. The Morgan fingerprint density at radius 2 is 2.06 bits per heavy atom. The average molecular weight is 263 g/mol. The minimum Gasteiger partial charge on any atom is -0.475 e. The third kappa shape index (κ3) is 1.98. The van der Waals surface area contributed by atoms with Gasteiger partial charge >= 0.3 is 12.1 Å². The lowest BCUT2D eigenvalue weighted by molar-refractivity contribution is -0.141. The zero-order valence-electron chi connectivity index (χ0n) is 7.76. The van der Waals surface area contributed by atoms with Crippen molar-refractivity contribution >= 4 is 24.4 Å². The van der Waals surface area contributed by atoms with Crippen molar-refractivity contribution in [1.82, 2.24) is 19.6 Å². The zero-order valence-corrected chi connectivity index (χ0v) is 8.58. The van der Waals surface area contributed by atoms with Crippen LogP contribution in [0.5, 0.6) is 0 Å². The van der Waals surface area contributed by atoms with Gasteiger partial charge in [-0.15, -0.1) is 5.10 Å². The molecular weight excluding hydrogens is 261 g/mol. The molecule has 89 valence electrons. The quantitative estimate of drug-likeness (QED) is 0.786. The maximum absolute atomic E-state index is 12.4. The summed E-state index contributed by atoms with van der Waals surface area (Å²) in [4.78, 5) is 17.0. The Morgan fingerprint density at radius 3 is 2.59 bits per heavy atom. The topological polar surface area (TPSA) is 80.4 Å². The van der Waals surface area contributed by atoms with E-state index >= 15 is 0 Å². The van der Waals surface area contributed by atoms with Crippen molar-refractivity contribution in [2.45, 2.75) is 11.2 Å². The predicted octanol–water partition coefficient (Wildman–Crippen LogP) is 1.40. The number of carboxylic acids is 1. The molecule has 0 unspecified atom stereocenters. The average Bonchev–Trinajstić information content (AvgIpc) is 2.60. The lowest BCUT2D eigenvalue weighted by Crippen LogP contribution is -2.10. The van der Waals surface area contributed by atoms with Crippen molar-refractivity contribution in [2.75, 3.05) is 0 Å². The molecule has 2 heterocycles. The zero-order chi connectivity index (χ0) is 12.8. The van der Waals surface area contributed by atoms with Gasteiger partial charge in [-0.3, -0.25) is 0 Å². The minimum atomic E-state index is -4.68. The highest BCUT2D eigenvalue weighted by Crippen LogP contribution is 2.29. The van der Waals surface area contributed by atoms with Gasteiger partial charge < -0.3 is 5.11 Å². The fourth-order valence-corrected chi connectivity index (χ4v) is 1.31. The van der Waals surface area contributed by atoms with E-state index in [0.29, 0.717) is 6.07 Å². The van der Waals surface area contributed by atoms with Gasteiger partial charge in [-0.1, -0.05) is 12.6 Å². The van der Waals surface area contributed by atoms with Crippen LogP contribution in [0.1, 0.15) is 16.3 Å². The number of nitrogens with zero attached hydrogens (tertiary/aromatic N) is 4. The molecule has 17 heavy (non-hydrogen) atoms. The number of hydrogen-bond donors (Lipinski definition) is 1. The van der Waals surface area contributed by atoms with Gasteiger partial charge in [0.15, 0.2) is 5.69 Å². The second kappa shape index (κ2) is 3.52. The van der Waals surface area contributed by atoms with E-state index in [1.165, 1.54) is 0 Å². The highest BCUT2D eigenvalue weighted by Gasteiger charge is 2.34. The lowest BCUT2D eigenvalue weighted by Gasteiger charge is -2.05. The van der Waals surface area contributed by atoms with Crippen molar-refractivity contribution in [3.8, 4) is 0 Å². The van der Waals surface area contributed by atoms with Crippen LogP contribution in [-0.2, 0) is 6.18 Å². The maximum atomic E-state index is 12.4. The van der Waals surface area contributed by atoms with Gasteiger partial charge in [0.2, 0.25) is 0 Å². The second-order valence-electron chi connectivity index (χ2n) is 2.93. The number of aromatic nitrogens is 4. The maximum Gasteiger partial charge on any atom is 0.433 e. The Kier molecular flexibility index (Phi) is 2.38. The Balaban J connectivity index is 2.69. The molecule has 0 aromatic carbocycles. The van der Waals surface area contributed by atoms with Crippen molar-refractivity contribution in [3.05, 3.63) is 17.6 Å². The van der Waals surface area contributed by atoms with Gasteiger partial charge in [0.05, 0.1) is 0 Å². The van der Waals surface area contributed by atoms with E-state index in [0.717, 1.165) is 4.52 Å². The van der Waals surface area contributed by atoms with Crippen LogP contribution >= 0.6 is 12.6 Å². The second-order valence-corrected chi connectivity index (χ2v) is 3.35. The van der Waals surface area contributed by atoms with Crippen LogP contribution in [0.15, 0.2) is 11.1 Å². The molecule has 0 fully saturated rings. The molecule has 0 aliphatic rings. The highest BCUT2D eigenvalue weighted by atomic mass is 32.1. The minimum absolute atomic E-state index is 0.317. The van der Waals surface area contributed by atoms with Crippen molar-refractivity contribution < 1.29 is 23.1 Å². The molecule has 0 aliphatic carbocycles. The molecule has 1 N–H and O–H groups in total. The molecule has 0 bridgehead atoms. The van der Waals surface area contributed by atoms with E-state index in [-0.39, 0.29) is 5.03 Å². The number of hydrogen-bond acceptors (Lipinski definition) is 4. The van der Waals surface area contributed by atoms with Crippen molar-refractivity contribution in [1.29, 1.82) is 0 Å². The number of alkyl halides is 3. The van der Waals surface area contributed by atoms with Crippen LogP contribution in [0.4, 0.5) is 13.2 Å². The fourth-order valence-electron chi connectivity index (χ4n) is 1.08. The molecule has 0 saturated carbocycles. The lowest BCUT2D eigenvalue weighted by atomic mass is 10.4. The van der Waals surface area contributed by atoms with E-state index in [4.69, 9.17) is 5.11 Å². The van der Waals surface area contributed by atoms with Gasteiger partial charge in [0.1, 0.15) is 5.03 Å². The first-order chi connectivity index (χ1) is 7.79. The van der Waals surface area contributed by atoms with Crippen molar-refractivity contribution in [3.63, 3.8) is 0 Å². The van der Waals surface area contributed by atoms with E-state index < -0.39 is 29.4 Å². The number of aromatic carboxylic acids is 1. The highest BCUT2D eigenvalue weighted by molar-refractivity contribution is 7.80. The Bertz CT molecular complexity index is 609. The summed E-state index contributed by atoms with van der Waals surface area (Å²) in [6.07, 6.45) is -4.68. The summed E-state index contributed by atoms with van der Waals surface area (Å²) < 4.78 is 37.9. The Labute approximate surface area is 96.5 Å². The first kappa shape index (κ1) is 11.5. The summed E-state index contributed by atoms with van der Waals surface area (Å²) in [6.45, 7) is 0. The van der Waals surface area contributed by atoms with Gasteiger partial charge in [0.25, 0.3) is 11.6 Å². The SMILES string of the molecule is O=C(O)c1nc2nc(C(F)(F)F)cc([S])n2n1. The molecular formula is C7H2F3N4O2S. The third-order valence-corrected chi connectivity index (χ3v) is 2.05. The first-order valence-corrected chi connectivity index (χ1v) is 4.45. The smallest absolute Gasteiger partial charge is 0.433 e. The van der Waals surface area contributed by atoms with Crippen molar-refractivity contribution in [2.24, 2.45) is 0 Å². The summed E-state index contributed by atoms with van der Waals surface area (Å²) in [6, 6.07) is 0.586. The number of carbonyl (C=O) groups is 1. The van der Waals surface area contributed by atoms with Crippen LogP contribution in [0.3, 0.4) is 0 Å². The monoisotopic (exact) mass is 263 g/mol. The molecule has 0 aliphatic heterocycles. The summed E-state index contributed by atoms with van der Waals surface area (Å²) in [5, 5.41) is 11.7. The molecule has 2 rings (SSSR count). The van der Waals surface area contributed by atoms with Crippen LogP contribution < -0.4 is 0 Å². The Morgan fingerprint density at radius 1 is 1.41 bits per heavy atom. The molecule has 2 aromatic rings. The molecule has 0 amide bonds. The van der Waals surface area contributed by atoms with Crippen LogP contribution in [0.25, 0.3) is 5.78 Å². The number of halogens is 3. The molecule has 0 atom stereocenters. The van der Waals surface area contributed by atoms with Gasteiger partial charge in [0, 0.05) is 6.07 Å². The summed E-state index contributed by atoms with van der Waals surface area (Å²) in [5.74, 6) is -2.64. The summed E-state index contributed by atoms with van der Waals surface area (Å²) >= 11 is 4.64. The summed E-state index contributed by atoms with van der Waals surface area (Å²) in [5.41, 5.74) is -1.24. The van der Waals surface area contributed by atoms with E-state index in [1.54, 1.807) is 0 Å². The molecule has 0 saturated heterocycles. The molecule has 6 nitrogen and oxygen atoms in total. The van der Waals surface area contributed by atoms with Gasteiger partial charge in [-0.25, -0.2) is 9.78 Å². The molecule has 2 aromatic heterocycles. The largest absolute Gasteiger partial charge is 0.475 e. The van der Waals surface area contributed by atoms with Gasteiger partial charge in [-0.05, 0) is 0 Å². The third-order valence-electron chi connectivity index (χ3n) is 1.76. The van der Waals surface area contributed by atoms with Gasteiger partial charge in [-0.2, -0.15) is 22.7 Å². The van der Waals surface area contributed by atoms with E-state index in [9.17, 15) is 18.0 Å². The number of rotatable bonds is 1. The van der Waals surface area contributed by atoms with Crippen LogP contribution in [0.2, 0.25) is 0 Å². The molecule has 0 spiro atoms. The first-order valence-electron chi connectivity index (χ1n) is 4.04. The fraction of sp³-hybridized carbons (Fsp3) is 0.143. The normalized spacial score (nSPS) is 11.9. The van der Waals surface area contributed by atoms with E-state index in [1.807, 2.05) is 0 Å². The Hall–Kier alpha value is -1.97. The number of fused-ring (bicyclic) bond motifs is 1. The molecule has 1 radical (unpaired) electrons. The van der Waals surface area contributed by atoms with Crippen LogP contribution in [0, 0.1) is 0 Å². The van der Waals surface area contributed by atoms with Crippen LogP contribution in [-0.4, -0.2) is 30.7 Å². The summed E-state index contributed by atoms with van der Waals surface area (Å²) in [7, 11) is 0.